The Morgan fingerprint density at radius 1 is 1.37 bits per heavy atom. The highest BCUT2D eigenvalue weighted by Gasteiger charge is 2.14. The molecule has 1 heterocycles. The summed E-state index contributed by atoms with van der Waals surface area (Å²) >= 11 is 3.33. The van der Waals surface area contributed by atoms with E-state index in [1.807, 2.05) is 24.3 Å². The van der Waals surface area contributed by atoms with Gasteiger partial charge in [-0.15, -0.1) is 0 Å². The zero-order chi connectivity index (χ0) is 14.0. The molecule has 0 aliphatic heterocycles. The lowest BCUT2D eigenvalue weighted by Gasteiger charge is -2.08. The molecular formula is C14H9BrN2O2. The summed E-state index contributed by atoms with van der Waals surface area (Å²) in [6.07, 6.45) is 0. The molecule has 0 unspecified atom stereocenters. The molecule has 0 amide bonds. The highest BCUT2D eigenvalue weighted by molar-refractivity contribution is 9.10. The van der Waals surface area contributed by atoms with Crippen molar-refractivity contribution in [2.75, 3.05) is 0 Å². The number of pyridine rings is 1. The number of halogens is 1. The van der Waals surface area contributed by atoms with Gasteiger partial charge in [0.05, 0.1) is 11.3 Å². The van der Waals surface area contributed by atoms with Crippen LogP contribution in [0.4, 0.5) is 0 Å². The van der Waals surface area contributed by atoms with Crippen molar-refractivity contribution in [1.29, 1.82) is 5.26 Å². The van der Waals surface area contributed by atoms with Crippen molar-refractivity contribution in [1.82, 2.24) is 4.98 Å². The van der Waals surface area contributed by atoms with Gasteiger partial charge >= 0.3 is 5.97 Å². The number of hydrogen-bond acceptors (Lipinski definition) is 3. The van der Waals surface area contributed by atoms with Gasteiger partial charge in [-0.05, 0) is 30.7 Å². The zero-order valence-electron chi connectivity index (χ0n) is 10.0. The lowest BCUT2D eigenvalue weighted by Crippen LogP contribution is -2.04. The number of carboxylic acid groups (broad SMARTS) is 1. The maximum absolute atomic E-state index is 11.0. The second kappa shape index (κ2) is 5.21. The van der Waals surface area contributed by atoms with Crippen LogP contribution >= 0.6 is 15.9 Å². The van der Waals surface area contributed by atoms with E-state index in [4.69, 9.17) is 5.11 Å². The van der Waals surface area contributed by atoms with Crippen LogP contribution in [0, 0.1) is 18.3 Å². The summed E-state index contributed by atoms with van der Waals surface area (Å²) in [7, 11) is 0. The Kier molecular flexibility index (Phi) is 3.63. The Bertz CT molecular complexity index is 688. The zero-order valence-corrected chi connectivity index (χ0v) is 11.6. The van der Waals surface area contributed by atoms with Crippen LogP contribution in [0.15, 0.2) is 34.8 Å². The van der Waals surface area contributed by atoms with E-state index in [9.17, 15) is 10.1 Å². The first-order valence-electron chi connectivity index (χ1n) is 5.44. The van der Waals surface area contributed by atoms with Gasteiger partial charge in [-0.3, -0.25) is 0 Å². The van der Waals surface area contributed by atoms with Crippen molar-refractivity contribution in [2.45, 2.75) is 6.92 Å². The van der Waals surface area contributed by atoms with E-state index in [0.29, 0.717) is 16.8 Å². The molecule has 0 saturated carbocycles. The molecule has 0 aliphatic carbocycles. The molecule has 0 bridgehead atoms. The topological polar surface area (TPSA) is 74.0 Å². The predicted octanol–water partition coefficient (Wildman–Crippen LogP) is 3.39. The van der Waals surface area contributed by atoms with Crippen molar-refractivity contribution in [2.24, 2.45) is 0 Å². The highest BCUT2D eigenvalue weighted by atomic mass is 79.9. The summed E-state index contributed by atoms with van der Waals surface area (Å²) < 4.78 is 0.916. The monoisotopic (exact) mass is 316 g/mol. The molecule has 94 valence electrons. The molecule has 1 aromatic carbocycles. The minimum absolute atomic E-state index is 0.0607. The molecule has 2 aromatic rings. The number of nitriles is 1. The van der Waals surface area contributed by atoms with E-state index in [-0.39, 0.29) is 5.69 Å². The molecule has 19 heavy (non-hydrogen) atoms. The Balaban J connectivity index is 2.70. The first-order chi connectivity index (χ1) is 9.02. The maximum atomic E-state index is 11.0. The smallest absolute Gasteiger partial charge is 0.354 e. The van der Waals surface area contributed by atoms with Gasteiger partial charge in [0.25, 0.3) is 0 Å². The number of hydrogen-bond donors (Lipinski definition) is 1. The largest absolute Gasteiger partial charge is 0.477 e. The van der Waals surface area contributed by atoms with Gasteiger partial charge in [-0.1, -0.05) is 28.1 Å². The Labute approximate surface area is 118 Å². The number of carbonyl (C=O) groups is 1. The van der Waals surface area contributed by atoms with Crippen LogP contribution in [0.2, 0.25) is 0 Å². The van der Waals surface area contributed by atoms with Gasteiger partial charge in [0.15, 0.2) is 0 Å². The summed E-state index contributed by atoms with van der Waals surface area (Å²) in [5, 5.41) is 18.2. The summed E-state index contributed by atoms with van der Waals surface area (Å²) in [5.74, 6) is -1.11. The first-order valence-corrected chi connectivity index (χ1v) is 6.23. The lowest BCUT2D eigenvalue weighted by atomic mass is 9.99. The number of aryl methyl sites for hydroxylation is 1. The average molecular weight is 317 g/mol. The summed E-state index contributed by atoms with van der Waals surface area (Å²) in [6, 6.07) is 10.8. The fraction of sp³-hybridized carbons (Fsp3) is 0.0714. The third-order valence-electron chi connectivity index (χ3n) is 2.69. The van der Waals surface area contributed by atoms with E-state index in [1.54, 1.807) is 6.92 Å². The molecule has 0 radical (unpaired) electrons. The predicted molar refractivity (Wildman–Crippen MR) is 73.8 cm³/mol. The van der Waals surface area contributed by atoms with Gasteiger partial charge in [-0.25, -0.2) is 9.78 Å². The standard InChI is InChI=1S/C14H9BrN2O2/c1-8-12(7-16)11(6-13(17-8)14(18)19)9-2-4-10(15)5-3-9/h2-6H,1H3,(H,18,19). The number of rotatable bonds is 2. The maximum Gasteiger partial charge on any atom is 0.354 e. The lowest BCUT2D eigenvalue weighted by molar-refractivity contribution is 0.0690. The molecule has 0 atom stereocenters. The van der Waals surface area contributed by atoms with Crippen molar-refractivity contribution in [3.8, 4) is 17.2 Å². The quantitative estimate of drug-likeness (QED) is 0.921. The van der Waals surface area contributed by atoms with Crippen LogP contribution in [0.3, 0.4) is 0 Å². The van der Waals surface area contributed by atoms with E-state index in [0.717, 1.165) is 10.0 Å². The molecule has 5 heteroatoms. The van der Waals surface area contributed by atoms with Gasteiger partial charge in [-0.2, -0.15) is 5.26 Å². The highest BCUT2D eigenvalue weighted by Crippen LogP contribution is 2.27. The van der Waals surface area contributed by atoms with E-state index >= 15 is 0 Å². The van der Waals surface area contributed by atoms with Gasteiger partial charge in [0.2, 0.25) is 0 Å². The Hall–Kier alpha value is -2.19. The minimum Gasteiger partial charge on any atom is -0.477 e. The number of aromatic carboxylic acids is 1. The molecule has 1 aromatic heterocycles. The second-order valence-corrected chi connectivity index (χ2v) is 4.85. The van der Waals surface area contributed by atoms with Crippen LogP contribution in [0.1, 0.15) is 21.7 Å². The van der Waals surface area contributed by atoms with Crippen LogP contribution in [-0.4, -0.2) is 16.1 Å². The first kappa shape index (κ1) is 13.2. The van der Waals surface area contributed by atoms with Crippen molar-refractivity contribution >= 4 is 21.9 Å². The Morgan fingerprint density at radius 2 is 2.00 bits per heavy atom. The Morgan fingerprint density at radius 3 is 2.53 bits per heavy atom. The van der Waals surface area contributed by atoms with Crippen molar-refractivity contribution in [3.05, 3.63) is 51.8 Å². The third kappa shape index (κ3) is 2.64. The van der Waals surface area contributed by atoms with Crippen LogP contribution in [-0.2, 0) is 0 Å². The number of aromatic nitrogens is 1. The van der Waals surface area contributed by atoms with Crippen LogP contribution in [0.5, 0.6) is 0 Å². The molecule has 0 fully saturated rings. The van der Waals surface area contributed by atoms with Crippen molar-refractivity contribution < 1.29 is 9.90 Å². The summed E-state index contributed by atoms with van der Waals surface area (Å²) in [6.45, 7) is 1.63. The second-order valence-electron chi connectivity index (χ2n) is 3.94. The SMILES string of the molecule is Cc1nc(C(=O)O)cc(-c2ccc(Br)cc2)c1C#N. The fourth-order valence-corrected chi connectivity index (χ4v) is 2.04. The molecule has 1 N–H and O–H groups in total. The number of benzene rings is 1. The van der Waals surface area contributed by atoms with E-state index < -0.39 is 5.97 Å². The average Bonchev–Trinajstić information content (AvgIpc) is 2.38. The summed E-state index contributed by atoms with van der Waals surface area (Å²) in [5.41, 5.74) is 2.12. The minimum atomic E-state index is -1.11. The third-order valence-corrected chi connectivity index (χ3v) is 3.22. The molecule has 0 spiro atoms. The molecule has 4 nitrogen and oxygen atoms in total. The molecule has 2 rings (SSSR count). The van der Waals surface area contributed by atoms with Crippen molar-refractivity contribution in [3.63, 3.8) is 0 Å². The number of carboxylic acids is 1. The van der Waals surface area contributed by atoms with Gasteiger partial charge < -0.3 is 5.11 Å². The van der Waals surface area contributed by atoms with E-state index in [1.165, 1.54) is 6.07 Å². The van der Waals surface area contributed by atoms with E-state index in [2.05, 4.69) is 27.0 Å². The normalized spacial score (nSPS) is 9.95. The van der Waals surface area contributed by atoms with Gasteiger partial charge in [0.1, 0.15) is 11.8 Å². The molecule has 0 aliphatic rings. The van der Waals surface area contributed by atoms with Gasteiger partial charge in [0, 0.05) is 10.0 Å². The summed E-state index contributed by atoms with van der Waals surface area (Å²) in [4.78, 5) is 15.0. The van der Waals surface area contributed by atoms with Crippen LogP contribution in [0.25, 0.3) is 11.1 Å². The molecular weight excluding hydrogens is 308 g/mol. The van der Waals surface area contributed by atoms with Crippen LogP contribution < -0.4 is 0 Å². The molecule has 0 saturated heterocycles. The number of nitrogens with zero attached hydrogens (tertiary/aromatic N) is 2. The fourth-order valence-electron chi connectivity index (χ4n) is 1.78.